The van der Waals surface area contributed by atoms with Gasteiger partial charge in [0.05, 0.1) is 6.54 Å². The molecule has 0 amide bonds. The Morgan fingerprint density at radius 2 is 1.89 bits per heavy atom. The fraction of sp³-hybridized carbons (Fsp3) is 0.647. The van der Waals surface area contributed by atoms with Crippen molar-refractivity contribution in [3.8, 4) is 0 Å². The number of nitrogens with zero attached hydrogens (tertiary/aromatic N) is 6. The molecular formula is C17H21F3N6O. The average Bonchev–Trinajstić information content (AvgIpc) is 3.22. The van der Waals surface area contributed by atoms with E-state index in [1.54, 1.807) is 0 Å². The maximum atomic E-state index is 12.8. The fourth-order valence-electron chi connectivity index (χ4n) is 3.83. The summed E-state index contributed by atoms with van der Waals surface area (Å²) < 4.78 is 41.6. The molecule has 1 fully saturated rings. The first-order chi connectivity index (χ1) is 12.9. The average molecular weight is 382 g/mol. The molecule has 0 aliphatic carbocycles. The molecular weight excluding hydrogens is 361 g/mol. The zero-order valence-electron chi connectivity index (χ0n) is 14.8. The van der Waals surface area contributed by atoms with E-state index in [1.807, 2.05) is 0 Å². The van der Waals surface area contributed by atoms with E-state index < -0.39 is 17.4 Å². The summed E-state index contributed by atoms with van der Waals surface area (Å²) in [6, 6.07) is 1.68. The Bertz CT molecular complexity index is 866. The van der Waals surface area contributed by atoms with Crippen molar-refractivity contribution >= 4 is 0 Å². The molecule has 0 spiro atoms. The molecule has 0 N–H and O–H groups in total. The van der Waals surface area contributed by atoms with Gasteiger partial charge in [-0.2, -0.15) is 18.3 Å². The summed E-state index contributed by atoms with van der Waals surface area (Å²) in [5.74, 6) is 2.17. The molecule has 0 bridgehead atoms. The Labute approximate surface area is 153 Å². The molecule has 2 aromatic rings. The highest BCUT2D eigenvalue weighted by Crippen LogP contribution is 2.27. The number of fused-ring (bicyclic) bond motifs is 1. The first-order valence-corrected chi connectivity index (χ1v) is 9.19. The topological polar surface area (TPSA) is 68.8 Å². The monoisotopic (exact) mass is 382 g/mol. The molecule has 7 nitrogen and oxygen atoms in total. The molecule has 4 rings (SSSR count). The summed E-state index contributed by atoms with van der Waals surface area (Å²) in [7, 11) is 0. The van der Waals surface area contributed by atoms with E-state index in [0.29, 0.717) is 0 Å². The fourth-order valence-corrected chi connectivity index (χ4v) is 3.83. The van der Waals surface area contributed by atoms with Crippen LogP contribution in [0.3, 0.4) is 0 Å². The highest BCUT2D eigenvalue weighted by atomic mass is 19.4. The van der Waals surface area contributed by atoms with Gasteiger partial charge in [0.25, 0.3) is 5.56 Å². The molecule has 146 valence electrons. The molecule has 0 saturated carbocycles. The second kappa shape index (κ2) is 7.06. The minimum atomic E-state index is -4.54. The maximum Gasteiger partial charge on any atom is 0.435 e. The highest BCUT2D eigenvalue weighted by Gasteiger charge is 2.33. The van der Waals surface area contributed by atoms with E-state index in [4.69, 9.17) is 0 Å². The van der Waals surface area contributed by atoms with Crippen LogP contribution in [0.4, 0.5) is 13.2 Å². The number of hydrogen-bond donors (Lipinski definition) is 0. The van der Waals surface area contributed by atoms with Gasteiger partial charge in [-0.3, -0.25) is 9.69 Å². The Kier molecular flexibility index (Phi) is 4.75. The highest BCUT2D eigenvalue weighted by molar-refractivity contribution is 5.04. The van der Waals surface area contributed by atoms with Crippen molar-refractivity contribution < 1.29 is 13.2 Å². The molecule has 0 unspecified atom stereocenters. The van der Waals surface area contributed by atoms with Gasteiger partial charge in [-0.05, 0) is 44.3 Å². The summed E-state index contributed by atoms with van der Waals surface area (Å²) in [6.07, 6.45) is -0.833. The largest absolute Gasteiger partial charge is 0.435 e. The first kappa shape index (κ1) is 18.1. The normalized spacial score (nSPS) is 18.8. The number of alkyl halides is 3. The van der Waals surface area contributed by atoms with Crippen molar-refractivity contribution in [3.63, 3.8) is 0 Å². The Balaban J connectivity index is 1.35. The summed E-state index contributed by atoms with van der Waals surface area (Å²) >= 11 is 0. The minimum Gasteiger partial charge on any atom is -0.314 e. The number of aryl methyl sites for hydroxylation is 1. The number of likely N-dealkylation sites (tertiary alicyclic amines) is 1. The van der Waals surface area contributed by atoms with Gasteiger partial charge in [0.1, 0.15) is 11.6 Å². The second-order valence-corrected chi connectivity index (χ2v) is 7.24. The van der Waals surface area contributed by atoms with E-state index in [0.717, 1.165) is 80.3 Å². The molecule has 4 heterocycles. The van der Waals surface area contributed by atoms with Crippen molar-refractivity contribution in [2.45, 2.75) is 51.5 Å². The Hall–Kier alpha value is -2.23. The standard InChI is InChI=1S/C17H21F3N6O/c18-17(19,20)13-3-4-16(27)26(23-13)10-12-5-8-24(9-6-12)11-15-22-21-14-2-1-7-25(14)15/h3-4,12H,1-2,5-11H2. The van der Waals surface area contributed by atoms with Crippen LogP contribution < -0.4 is 5.56 Å². The van der Waals surface area contributed by atoms with Gasteiger partial charge in [-0.25, -0.2) is 4.68 Å². The zero-order valence-corrected chi connectivity index (χ0v) is 14.8. The maximum absolute atomic E-state index is 12.8. The van der Waals surface area contributed by atoms with Crippen molar-refractivity contribution in [1.29, 1.82) is 0 Å². The lowest BCUT2D eigenvalue weighted by atomic mass is 9.97. The van der Waals surface area contributed by atoms with Gasteiger partial charge in [-0.15, -0.1) is 10.2 Å². The third-order valence-electron chi connectivity index (χ3n) is 5.35. The third-order valence-corrected chi connectivity index (χ3v) is 5.35. The Morgan fingerprint density at radius 1 is 1.11 bits per heavy atom. The Morgan fingerprint density at radius 3 is 2.63 bits per heavy atom. The number of halogens is 3. The lowest BCUT2D eigenvalue weighted by molar-refractivity contribution is -0.142. The third kappa shape index (κ3) is 3.90. The molecule has 10 heteroatoms. The summed E-state index contributed by atoms with van der Waals surface area (Å²) in [5, 5.41) is 12.0. The zero-order chi connectivity index (χ0) is 19.0. The van der Waals surface area contributed by atoms with Crippen LogP contribution in [0.5, 0.6) is 0 Å². The number of rotatable bonds is 4. The summed E-state index contributed by atoms with van der Waals surface area (Å²) in [5.41, 5.74) is -1.52. The van der Waals surface area contributed by atoms with Gasteiger partial charge in [-0.1, -0.05) is 0 Å². The van der Waals surface area contributed by atoms with Crippen LogP contribution in [0.1, 0.15) is 36.6 Å². The number of piperidine rings is 1. The molecule has 2 aliphatic heterocycles. The van der Waals surface area contributed by atoms with E-state index in [-0.39, 0.29) is 12.5 Å². The molecule has 0 atom stereocenters. The van der Waals surface area contributed by atoms with E-state index in [9.17, 15) is 18.0 Å². The molecule has 27 heavy (non-hydrogen) atoms. The van der Waals surface area contributed by atoms with Gasteiger partial charge < -0.3 is 4.57 Å². The van der Waals surface area contributed by atoms with Crippen molar-refractivity contribution in [3.05, 3.63) is 39.8 Å². The SMILES string of the molecule is O=c1ccc(C(F)(F)F)nn1CC1CCN(Cc2nnc3n2CCC3)CC1. The minimum absolute atomic E-state index is 0.138. The lowest BCUT2D eigenvalue weighted by Crippen LogP contribution is -2.37. The van der Waals surface area contributed by atoms with Gasteiger partial charge in [0, 0.05) is 25.6 Å². The molecule has 0 aromatic carbocycles. The van der Waals surface area contributed by atoms with Crippen molar-refractivity contribution in [2.24, 2.45) is 5.92 Å². The van der Waals surface area contributed by atoms with Crippen molar-refractivity contribution in [1.82, 2.24) is 29.4 Å². The number of aromatic nitrogens is 5. The quantitative estimate of drug-likeness (QED) is 0.805. The summed E-state index contributed by atoms with van der Waals surface area (Å²) in [6.45, 7) is 3.57. The van der Waals surface area contributed by atoms with Crippen LogP contribution >= 0.6 is 0 Å². The molecule has 2 aromatic heterocycles. The smallest absolute Gasteiger partial charge is 0.314 e. The van der Waals surface area contributed by atoms with Crippen LogP contribution in [-0.2, 0) is 32.2 Å². The predicted octanol–water partition coefficient (Wildman–Crippen LogP) is 1.71. The predicted molar refractivity (Wildman–Crippen MR) is 89.8 cm³/mol. The molecule has 2 aliphatic rings. The van der Waals surface area contributed by atoms with Crippen LogP contribution in [0.25, 0.3) is 0 Å². The van der Waals surface area contributed by atoms with E-state index in [2.05, 4.69) is 24.8 Å². The van der Waals surface area contributed by atoms with Gasteiger partial charge >= 0.3 is 6.18 Å². The van der Waals surface area contributed by atoms with Crippen molar-refractivity contribution in [2.75, 3.05) is 13.1 Å². The van der Waals surface area contributed by atoms with Crippen LogP contribution in [0.2, 0.25) is 0 Å². The molecule has 1 saturated heterocycles. The van der Waals surface area contributed by atoms with Crippen LogP contribution in [0.15, 0.2) is 16.9 Å². The summed E-state index contributed by atoms with van der Waals surface area (Å²) in [4.78, 5) is 14.1. The first-order valence-electron chi connectivity index (χ1n) is 9.19. The van der Waals surface area contributed by atoms with E-state index in [1.165, 1.54) is 0 Å². The number of hydrogen-bond acceptors (Lipinski definition) is 5. The van der Waals surface area contributed by atoms with Crippen LogP contribution in [0, 0.1) is 5.92 Å². The van der Waals surface area contributed by atoms with Gasteiger partial charge in [0.2, 0.25) is 0 Å². The van der Waals surface area contributed by atoms with E-state index >= 15 is 0 Å². The van der Waals surface area contributed by atoms with Gasteiger partial charge in [0.15, 0.2) is 5.69 Å². The lowest BCUT2D eigenvalue weighted by Gasteiger charge is -2.31. The van der Waals surface area contributed by atoms with Crippen LogP contribution in [-0.4, -0.2) is 42.5 Å². The molecule has 0 radical (unpaired) electrons. The second-order valence-electron chi connectivity index (χ2n) is 7.24.